The molecule has 172 valence electrons. The predicted octanol–water partition coefficient (Wildman–Crippen LogP) is 5.79. The topological polar surface area (TPSA) is 44.8 Å². The molecule has 0 spiro atoms. The molecule has 5 rings (SSSR count). The van der Waals surface area contributed by atoms with Crippen molar-refractivity contribution < 1.29 is 9.53 Å². The van der Waals surface area contributed by atoms with Crippen molar-refractivity contribution in [3.05, 3.63) is 64.0 Å². The van der Waals surface area contributed by atoms with Crippen LogP contribution in [0.5, 0.6) is 5.75 Å². The van der Waals surface area contributed by atoms with Crippen LogP contribution in [0.2, 0.25) is 5.02 Å². The summed E-state index contributed by atoms with van der Waals surface area (Å²) in [6.07, 6.45) is 3.44. The van der Waals surface area contributed by atoms with Crippen LogP contribution in [0, 0.1) is 0 Å². The molecule has 1 fully saturated rings. The average molecular weight is 482 g/mol. The van der Waals surface area contributed by atoms with Crippen LogP contribution < -0.4 is 15.0 Å². The molecule has 1 N–H and O–H groups in total. The van der Waals surface area contributed by atoms with Gasteiger partial charge in [-0.3, -0.25) is 4.79 Å². The van der Waals surface area contributed by atoms with Crippen LogP contribution in [0.25, 0.3) is 10.4 Å². The molecule has 0 saturated carbocycles. The fraction of sp³-hybridized carbons (Fsp3) is 0.346. The Morgan fingerprint density at radius 2 is 1.85 bits per heavy atom. The number of fused-ring (bicyclic) bond motifs is 1. The Morgan fingerprint density at radius 3 is 2.61 bits per heavy atom. The minimum atomic E-state index is 0.0539. The third-order valence-corrected chi connectivity index (χ3v) is 7.89. The second-order valence-corrected chi connectivity index (χ2v) is 10.0. The van der Waals surface area contributed by atoms with Crippen LogP contribution in [-0.2, 0) is 6.42 Å². The van der Waals surface area contributed by atoms with E-state index < -0.39 is 0 Å². The minimum absolute atomic E-state index is 0.0539. The van der Waals surface area contributed by atoms with Crippen molar-refractivity contribution in [2.24, 2.45) is 0 Å². The first-order valence-corrected chi connectivity index (χ1v) is 12.7. The van der Waals surface area contributed by atoms with Crippen molar-refractivity contribution in [3.8, 4) is 16.2 Å². The number of thiophene rings is 1. The number of nitrogens with one attached hydrogen (secondary N) is 1. The number of ether oxygens (including phenoxy) is 1. The van der Waals surface area contributed by atoms with Crippen molar-refractivity contribution in [2.45, 2.75) is 19.3 Å². The molecule has 0 bridgehead atoms. The number of amides is 1. The van der Waals surface area contributed by atoms with E-state index in [2.05, 4.69) is 16.3 Å². The van der Waals surface area contributed by atoms with Gasteiger partial charge >= 0.3 is 0 Å². The molecule has 3 aromatic rings. The van der Waals surface area contributed by atoms with Gasteiger partial charge in [-0.15, -0.1) is 11.3 Å². The molecule has 2 aliphatic heterocycles. The zero-order valence-electron chi connectivity index (χ0n) is 18.8. The maximum atomic E-state index is 13.4. The fourth-order valence-electron chi connectivity index (χ4n) is 4.60. The molecule has 2 aromatic carbocycles. The summed E-state index contributed by atoms with van der Waals surface area (Å²) >= 11 is 7.58. The summed E-state index contributed by atoms with van der Waals surface area (Å²) in [5.41, 5.74) is 4.04. The summed E-state index contributed by atoms with van der Waals surface area (Å²) in [5.74, 6) is 0.818. The summed E-state index contributed by atoms with van der Waals surface area (Å²) in [4.78, 5) is 19.6. The van der Waals surface area contributed by atoms with E-state index in [4.69, 9.17) is 16.3 Å². The third kappa shape index (κ3) is 4.74. The number of hydrogen-bond donors (Lipinski definition) is 1. The van der Waals surface area contributed by atoms with Crippen LogP contribution >= 0.6 is 22.9 Å². The molecule has 0 atom stereocenters. The predicted molar refractivity (Wildman–Crippen MR) is 137 cm³/mol. The van der Waals surface area contributed by atoms with E-state index in [0.29, 0.717) is 11.6 Å². The molecule has 5 nitrogen and oxygen atoms in total. The van der Waals surface area contributed by atoms with Gasteiger partial charge in [0.2, 0.25) is 0 Å². The summed E-state index contributed by atoms with van der Waals surface area (Å²) in [6, 6.07) is 15.9. The molecule has 1 amide bonds. The summed E-state index contributed by atoms with van der Waals surface area (Å²) in [6.45, 7) is 4.96. The van der Waals surface area contributed by atoms with E-state index in [1.165, 1.54) is 25.9 Å². The average Bonchev–Trinajstić information content (AvgIpc) is 3.51. The standard InChI is InChI=1S/C26H28ClN3O2S/c1-32-23-17-21(8-9-22(23)28-11-15-29-12-2-3-13-29)30-14-10-19-16-24(33-25(19)26(30)31)18-4-6-20(27)7-5-18/h4-9,16-17,28H,2-3,10-15H2,1H3. The van der Waals surface area contributed by atoms with Crippen molar-refractivity contribution in [3.63, 3.8) is 0 Å². The maximum Gasteiger partial charge on any atom is 0.268 e. The summed E-state index contributed by atoms with van der Waals surface area (Å²) in [5, 5.41) is 4.21. The summed E-state index contributed by atoms with van der Waals surface area (Å²) in [7, 11) is 1.68. The van der Waals surface area contributed by atoms with Crippen molar-refractivity contribution in [1.29, 1.82) is 0 Å². The van der Waals surface area contributed by atoms with Crippen LogP contribution in [-0.4, -0.2) is 50.6 Å². The lowest BCUT2D eigenvalue weighted by atomic mass is 10.1. The van der Waals surface area contributed by atoms with Crippen molar-refractivity contribution >= 4 is 40.2 Å². The van der Waals surface area contributed by atoms with Gasteiger partial charge in [0.25, 0.3) is 5.91 Å². The number of likely N-dealkylation sites (tertiary alicyclic amines) is 1. The molecule has 1 aromatic heterocycles. The number of halogens is 1. The molecule has 7 heteroatoms. The van der Waals surface area contributed by atoms with Gasteiger partial charge in [0.15, 0.2) is 0 Å². The first-order chi connectivity index (χ1) is 16.1. The highest BCUT2D eigenvalue weighted by molar-refractivity contribution is 7.17. The number of benzene rings is 2. The van der Waals surface area contributed by atoms with Crippen molar-refractivity contribution in [1.82, 2.24) is 4.90 Å². The molecular weight excluding hydrogens is 454 g/mol. The molecule has 33 heavy (non-hydrogen) atoms. The maximum absolute atomic E-state index is 13.4. The van der Waals surface area contributed by atoms with Gasteiger partial charge in [0.05, 0.1) is 17.7 Å². The Kier molecular flexibility index (Phi) is 6.58. The van der Waals surface area contributed by atoms with Crippen LogP contribution in [0.4, 0.5) is 11.4 Å². The van der Waals surface area contributed by atoms with Gasteiger partial charge in [-0.25, -0.2) is 0 Å². The normalized spacial score (nSPS) is 16.2. The van der Waals surface area contributed by atoms with Gasteiger partial charge in [0, 0.05) is 41.3 Å². The quantitative estimate of drug-likeness (QED) is 0.464. The lowest BCUT2D eigenvalue weighted by Crippen LogP contribution is -2.36. The number of hydrogen-bond acceptors (Lipinski definition) is 5. The molecule has 0 radical (unpaired) electrons. The lowest BCUT2D eigenvalue weighted by Gasteiger charge is -2.27. The van der Waals surface area contributed by atoms with Crippen molar-refractivity contribution in [2.75, 3.05) is 50.1 Å². The van der Waals surface area contributed by atoms with E-state index in [-0.39, 0.29) is 5.91 Å². The molecule has 0 aliphatic carbocycles. The lowest BCUT2D eigenvalue weighted by molar-refractivity contribution is 0.0985. The minimum Gasteiger partial charge on any atom is -0.495 e. The van der Waals surface area contributed by atoms with Crippen LogP contribution in [0.15, 0.2) is 48.5 Å². The molecule has 0 unspecified atom stereocenters. The van der Waals surface area contributed by atoms with Gasteiger partial charge in [0.1, 0.15) is 5.75 Å². The molecule has 1 saturated heterocycles. The van der Waals surface area contributed by atoms with E-state index >= 15 is 0 Å². The van der Waals surface area contributed by atoms with E-state index in [0.717, 1.165) is 57.5 Å². The Hall–Kier alpha value is -2.54. The highest BCUT2D eigenvalue weighted by Gasteiger charge is 2.29. The number of methoxy groups -OCH3 is 1. The van der Waals surface area contributed by atoms with Gasteiger partial charge < -0.3 is 19.9 Å². The Morgan fingerprint density at radius 1 is 1.06 bits per heavy atom. The van der Waals surface area contributed by atoms with Gasteiger partial charge in [-0.05, 0) is 73.8 Å². The first-order valence-electron chi connectivity index (χ1n) is 11.5. The Balaban J connectivity index is 1.31. The Labute approximate surface area is 203 Å². The Bertz CT molecular complexity index is 1140. The monoisotopic (exact) mass is 481 g/mol. The number of anilines is 2. The molecular formula is C26H28ClN3O2S. The van der Waals surface area contributed by atoms with Gasteiger partial charge in [-0.2, -0.15) is 0 Å². The SMILES string of the molecule is COc1cc(N2CCc3cc(-c4ccc(Cl)cc4)sc3C2=O)ccc1NCCN1CCCC1. The number of nitrogens with zero attached hydrogens (tertiary/aromatic N) is 2. The third-order valence-electron chi connectivity index (χ3n) is 6.42. The largest absolute Gasteiger partial charge is 0.495 e. The van der Waals surface area contributed by atoms with Crippen LogP contribution in [0.1, 0.15) is 28.1 Å². The van der Waals surface area contributed by atoms with E-state index in [1.807, 2.05) is 47.4 Å². The zero-order valence-corrected chi connectivity index (χ0v) is 20.3. The first kappa shape index (κ1) is 22.3. The van der Waals surface area contributed by atoms with Crippen LogP contribution in [0.3, 0.4) is 0 Å². The second kappa shape index (κ2) is 9.75. The molecule has 2 aliphatic rings. The fourth-order valence-corrected chi connectivity index (χ4v) is 5.89. The number of rotatable bonds is 7. The van der Waals surface area contributed by atoms with E-state index in [1.54, 1.807) is 18.4 Å². The molecule has 3 heterocycles. The number of carbonyl (C=O) groups excluding carboxylic acids is 1. The highest BCUT2D eigenvalue weighted by Crippen LogP contribution is 2.38. The summed E-state index contributed by atoms with van der Waals surface area (Å²) < 4.78 is 5.65. The zero-order chi connectivity index (χ0) is 22.8. The van der Waals surface area contributed by atoms with E-state index in [9.17, 15) is 4.79 Å². The second-order valence-electron chi connectivity index (χ2n) is 8.54. The smallest absolute Gasteiger partial charge is 0.268 e. The number of carbonyl (C=O) groups is 1. The van der Waals surface area contributed by atoms with Gasteiger partial charge in [-0.1, -0.05) is 23.7 Å². The highest BCUT2D eigenvalue weighted by atomic mass is 35.5.